The fraction of sp³-hybridized carbons (Fsp3) is 0.417. The number of hydrogen-bond acceptors (Lipinski definition) is 2. The average molecular weight is 258 g/mol. The van der Waals surface area contributed by atoms with Crippen molar-refractivity contribution in [1.29, 1.82) is 0 Å². The van der Waals surface area contributed by atoms with Gasteiger partial charge in [-0.2, -0.15) is 0 Å². The van der Waals surface area contributed by atoms with Crippen LogP contribution in [0.2, 0.25) is 0 Å². The van der Waals surface area contributed by atoms with E-state index < -0.39 is 23.8 Å². The Labute approximate surface area is 104 Å². The minimum atomic E-state index is -0.827. The van der Waals surface area contributed by atoms with Gasteiger partial charge in [0.1, 0.15) is 11.6 Å². The molecule has 1 aromatic rings. The van der Waals surface area contributed by atoms with Gasteiger partial charge in [0.2, 0.25) is 0 Å². The summed E-state index contributed by atoms with van der Waals surface area (Å²) in [6, 6.07) is 2.41. The SMILES string of the molecule is CC(O)CCN(C)C(=O)Nc1ccc(F)cc1F. The van der Waals surface area contributed by atoms with Crippen molar-refractivity contribution in [3.63, 3.8) is 0 Å². The Balaban J connectivity index is 2.58. The highest BCUT2D eigenvalue weighted by Crippen LogP contribution is 2.15. The van der Waals surface area contributed by atoms with E-state index in [4.69, 9.17) is 5.11 Å². The van der Waals surface area contributed by atoms with E-state index in [2.05, 4.69) is 5.32 Å². The second-order valence-corrected chi connectivity index (χ2v) is 4.11. The fourth-order valence-electron chi connectivity index (χ4n) is 1.28. The van der Waals surface area contributed by atoms with Crippen LogP contribution in [0.3, 0.4) is 0 Å². The number of carbonyl (C=O) groups excluding carboxylic acids is 1. The van der Waals surface area contributed by atoms with Crippen LogP contribution in [0, 0.1) is 11.6 Å². The zero-order chi connectivity index (χ0) is 13.7. The molecule has 0 aliphatic carbocycles. The van der Waals surface area contributed by atoms with Gasteiger partial charge < -0.3 is 15.3 Å². The van der Waals surface area contributed by atoms with E-state index in [-0.39, 0.29) is 5.69 Å². The van der Waals surface area contributed by atoms with Crippen molar-refractivity contribution >= 4 is 11.7 Å². The lowest BCUT2D eigenvalue weighted by Crippen LogP contribution is -2.33. The summed E-state index contributed by atoms with van der Waals surface area (Å²) in [6.45, 7) is 1.96. The minimum absolute atomic E-state index is 0.0784. The summed E-state index contributed by atoms with van der Waals surface area (Å²) < 4.78 is 25.9. The Morgan fingerprint density at radius 1 is 1.50 bits per heavy atom. The van der Waals surface area contributed by atoms with Crippen LogP contribution < -0.4 is 5.32 Å². The van der Waals surface area contributed by atoms with E-state index in [0.717, 1.165) is 12.1 Å². The van der Waals surface area contributed by atoms with E-state index in [9.17, 15) is 13.6 Å². The van der Waals surface area contributed by atoms with Gasteiger partial charge in [-0.25, -0.2) is 13.6 Å². The first kappa shape index (κ1) is 14.4. The van der Waals surface area contributed by atoms with Gasteiger partial charge in [0, 0.05) is 19.7 Å². The number of carbonyl (C=O) groups is 1. The monoisotopic (exact) mass is 258 g/mol. The van der Waals surface area contributed by atoms with Crippen molar-refractivity contribution in [3.8, 4) is 0 Å². The van der Waals surface area contributed by atoms with Crippen LogP contribution in [-0.4, -0.2) is 35.7 Å². The first-order valence-electron chi connectivity index (χ1n) is 5.55. The molecule has 0 aliphatic rings. The van der Waals surface area contributed by atoms with Gasteiger partial charge in [-0.3, -0.25) is 0 Å². The zero-order valence-electron chi connectivity index (χ0n) is 10.3. The quantitative estimate of drug-likeness (QED) is 0.869. The van der Waals surface area contributed by atoms with Crippen LogP contribution in [0.5, 0.6) is 0 Å². The number of hydrogen-bond donors (Lipinski definition) is 2. The van der Waals surface area contributed by atoms with E-state index in [0.29, 0.717) is 19.0 Å². The maximum atomic E-state index is 13.3. The molecule has 0 saturated heterocycles. The topological polar surface area (TPSA) is 52.6 Å². The average Bonchev–Trinajstić information content (AvgIpc) is 2.29. The molecule has 2 N–H and O–H groups in total. The first-order chi connectivity index (χ1) is 8.40. The molecule has 0 aromatic heterocycles. The second-order valence-electron chi connectivity index (χ2n) is 4.11. The number of anilines is 1. The van der Waals surface area contributed by atoms with Crippen molar-refractivity contribution in [3.05, 3.63) is 29.8 Å². The number of aliphatic hydroxyl groups excluding tert-OH is 1. The van der Waals surface area contributed by atoms with Crippen LogP contribution in [0.25, 0.3) is 0 Å². The van der Waals surface area contributed by atoms with Gasteiger partial charge in [0.05, 0.1) is 11.8 Å². The van der Waals surface area contributed by atoms with Crippen molar-refractivity contribution < 1.29 is 18.7 Å². The highest BCUT2D eigenvalue weighted by molar-refractivity contribution is 5.89. The Morgan fingerprint density at radius 2 is 2.17 bits per heavy atom. The number of halogens is 2. The molecule has 4 nitrogen and oxygen atoms in total. The summed E-state index contributed by atoms with van der Waals surface area (Å²) in [7, 11) is 1.53. The molecule has 0 aliphatic heterocycles. The summed E-state index contributed by atoms with van der Waals surface area (Å²) in [5.74, 6) is -1.53. The third-order valence-corrected chi connectivity index (χ3v) is 2.40. The standard InChI is InChI=1S/C12H16F2N2O2/c1-8(17)5-6-16(2)12(18)15-11-4-3-9(13)7-10(11)14/h3-4,7-8,17H,5-6H2,1-2H3,(H,15,18). The molecule has 6 heteroatoms. The van der Waals surface area contributed by atoms with Crippen molar-refractivity contribution in [1.82, 2.24) is 4.90 Å². The molecule has 0 heterocycles. The number of nitrogens with one attached hydrogen (secondary N) is 1. The van der Waals surface area contributed by atoms with Gasteiger partial charge >= 0.3 is 6.03 Å². The molecule has 100 valence electrons. The third kappa shape index (κ3) is 4.29. The molecule has 0 saturated carbocycles. The maximum absolute atomic E-state index is 13.3. The molecule has 0 radical (unpaired) electrons. The van der Waals surface area contributed by atoms with E-state index in [1.165, 1.54) is 11.9 Å². The highest BCUT2D eigenvalue weighted by atomic mass is 19.1. The van der Waals surface area contributed by atoms with Crippen LogP contribution in [-0.2, 0) is 0 Å². The van der Waals surface area contributed by atoms with E-state index in [1.807, 2.05) is 0 Å². The number of nitrogens with zero attached hydrogens (tertiary/aromatic N) is 1. The summed E-state index contributed by atoms with van der Waals surface area (Å²) in [6.07, 6.45) is -0.0849. The van der Waals surface area contributed by atoms with Gasteiger partial charge in [-0.05, 0) is 25.5 Å². The molecular formula is C12H16F2N2O2. The van der Waals surface area contributed by atoms with Crippen LogP contribution in [0.1, 0.15) is 13.3 Å². The van der Waals surface area contributed by atoms with Crippen LogP contribution in [0.15, 0.2) is 18.2 Å². The molecule has 2 amide bonds. The number of rotatable bonds is 4. The molecule has 0 bridgehead atoms. The number of aliphatic hydroxyl groups is 1. The molecule has 1 aromatic carbocycles. The summed E-state index contributed by atoms with van der Waals surface area (Å²) in [4.78, 5) is 12.9. The predicted octanol–water partition coefficient (Wildman–Crippen LogP) is 2.20. The Hall–Kier alpha value is -1.69. The van der Waals surface area contributed by atoms with Crippen LogP contribution >= 0.6 is 0 Å². The summed E-state index contributed by atoms with van der Waals surface area (Å²) in [5.41, 5.74) is -0.0784. The van der Waals surface area contributed by atoms with Gasteiger partial charge in [-0.1, -0.05) is 0 Å². The summed E-state index contributed by atoms with van der Waals surface area (Å²) >= 11 is 0. The largest absolute Gasteiger partial charge is 0.393 e. The summed E-state index contributed by atoms with van der Waals surface area (Å²) in [5, 5.41) is 11.4. The van der Waals surface area contributed by atoms with E-state index >= 15 is 0 Å². The maximum Gasteiger partial charge on any atom is 0.321 e. The molecule has 0 spiro atoms. The number of amides is 2. The van der Waals surface area contributed by atoms with Crippen molar-refractivity contribution in [2.75, 3.05) is 18.9 Å². The zero-order valence-corrected chi connectivity index (χ0v) is 10.3. The molecular weight excluding hydrogens is 242 g/mol. The Kier molecular flexibility index (Phi) is 5.03. The number of urea groups is 1. The lowest BCUT2D eigenvalue weighted by Gasteiger charge is -2.18. The first-order valence-corrected chi connectivity index (χ1v) is 5.55. The van der Waals surface area contributed by atoms with Gasteiger partial charge in [0.25, 0.3) is 0 Å². The van der Waals surface area contributed by atoms with Gasteiger partial charge in [0.15, 0.2) is 0 Å². The van der Waals surface area contributed by atoms with Crippen LogP contribution in [0.4, 0.5) is 19.3 Å². The molecule has 0 fully saturated rings. The predicted molar refractivity (Wildman–Crippen MR) is 64.3 cm³/mol. The Bertz CT molecular complexity index is 425. The normalized spacial score (nSPS) is 12.1. The van der Waals surface area contributed by atoms with E-state index in [1.54, 1.807) is 6.92 Å². The van der Waals surface area contributed by atoms with Crippen molar-refractivity contribution in [2.24, 2.45) is 0 Å². The lowest BCUT2D eigenvalue weighted by atomic mass is 10.3. The molecule has 1 atom stereocenters. The molecule has 1 rings (SSSR count). The second kappa shape index (κ2) is 6.30. The van der Waals surface area contributed by atoms with Gasteiger partial charge in [-0.15, -0.1) is 0 Å². The fourth-order valence-corrected chi connectivity index (χ4v) is 1.28. The highest BCUT2D eigenvalue weighted by Gasteiger charge is 2.12. The third-order valence-electron chi connectivity index (χ3n) is 2.40. The minimum Gasteiger partial charge on any atom is -0.393 e. The van der Waals surface area contributed by atoms with Crippen molar-refractivity contribution in [2.45, 2.75) is 19.4 Å². The smallest absolute Gasteiger partial charge is 0.321 e. The Morgan fingerprint density at radius 3 is 2.72 bits per heavy atom. The molecule has 1 unspecified atom stereocenters. The molecule has 18 heavy (non-hydrogen) atoms. The number of benzene rings is 1. The lowest BCUT2D eigenvalue weighted by molar-refractivity contribution is 0.167.